The molecule has 1 aromatic rings. The summed E-state index contributed by atoms with van der Waals surface area (Å²) < 4.78 is 0. The van der Waals surface area contributed by atoms with Gasteiger partial charge in [-0.3, -0.25) is 10.1 Å². The maximum atomic E-state index is 10.6. The molecule has 0 heterocycles. The summed E-state index contributed by atoms with van der Waals surface area (Å²) in [6.07, 6.45) is 8.04. The van der Waals surface area contributed by atoms with Crippen LogP contribution in [0.15, 0.2) is 24.3 Å². The lowest BCUT2D eigenvalue weighted by Crippen LogP contribution is -2.28. The molecular weight excluding hydrogens is 240 g/mol. The normalized spacial score (nSPS) is 26.9. The van der Waals surface area contributed by atoms with E-state index in [-0.39, 0.29) is 10.6 Å². The van der Waals surface area contributed by atoms with Gasteiger partial charge < -0.3 is 5.32 Å². The lowest BCUT2D eigenvalue weighted by Gasteiger charge is -2.30. The molecule has 2 saturated carbocycles. The highest BCUT2D eigenvalue weighted by Gasteiger charge is 2.34. The molecule has 0 bridgehead atoms. The molecule has 4 nitrogen and oxygen atoms in total. The van der Waals surface area contributed by atoms with Crippen molar-refractivity contribution in [3.05, 3.63) is 34.4 Å². The zero-order valence-corrected chi connectivity index (χ0v) is 11.0. The predicted octanol–water partition coefficient (Wildman–Crippen LogP) is 3.98. The molecule has 1 N–H and O–H groups in total. The molecule has 0 spiro atoms. The molecular formula is C15H20N2O2. The van der Waals surface area contributed by atoms with Gasteiger partial charge in [-0.25, -0.2) is 0 Å². The summed E-state index contributed by atoms with van der Waals surface area (Å²) in [5.41, 5.74) is 1.16. The summed E-state index contributed by atoms with van der Waals surface area (Å²) in [6, 6.07) is 7.32. The fraction of sp³-hybridized carbons (Fsp3) is 0.600. The summed E-state index contributed by atoms with van der Waals surface area (Å²) in [4.78, 5) is 10.3. The first-order chi connectivity index (χ1) is 9.22. The number of nitrogens with zero attached hydrogens (tertiary/aromatic N) is 1. The highest BCUT2D eigenvalue weighted by Crippen LogP contribution is 2.44. The average Bonchev–Trinajstić information content (AvgIpc) is 3.24. The van der Waals surface area contributed by atoms with E-state index in [0.717, 1.165) is 17.5 Å². The van der Waals surface area contributed by atoms with Crippen molar-refractivity contribution >= 4 is 11.4 Å². The topological polar surface area (TPSA) is 55.2 Å². The maximum Gasteiger partial charge on any atom is 0.269 e. The SMILES string of the molecule is O=[N+]([O-])c1ccc(NC2CCCC(C3CC3)C2)cc1. The Morgan fingerprint density at radius 2 is 1.79 bits per heavy atom. The number of hydrogen-bond acceptors (Lipinski definition) is 3. The Morgan fingerprint density at radius 3 is 2.42 bits per heavy atom. The van der Waals surface area contributed by atoms with Crippen molar-refractivity contribution in [3.8, 4) is 0 Å². The lowest BCUT2D eigenvalue weighted by molar-refractivity contribution is -0.384. The van der Waals surface area contributed by atoms with Gasteiger partial charge in [0.05, 0.1) is 4.92 Å². The summed E-state index contributed by atoms with van der Waals surface area (Å²) >= 11 is 0. The predicted molar refractivity (Wildman–Crippen MR) is 75.2 cm³/mol. The first-order valence-electron chi connectivity index (χ1n) is 7.23. The number of nitro groups is 1. The van der Waals surface area contributed by atoms with Gasteiger partial charge in [0.15, 0.2) is 0 Å². The highest BCUT2D eigenvalue weighted by atomic mass is 16.6. The number of nitrogens with one attached hydrogen (secondary N) is 1. The van der Waals surface area contributed by atoms with E-state index < -0.39 is 0 Å². The number of hydrogen-bond donors (Lipinski definition) is 1. The van der Waals surface area contributed by atoms with Gasteiger partial charge in [-0.05, 0) is 49.7 Å². The first-order valence-corrected chi connectivity index (χ1v) is 7.23. The van der Waals surface area contributed by atoms with E-state index in [4.69, 9.17) is 0 Å². The maximum absolute atomic E-state index is 10.6. The number of benzene rings is 1. The Morgan fingerprint density at radius 1 is 1.05 bits per heavy atom. The largest absolute Gasteiger partial charge is 0.382 e. The molecule has 19 heavy (non-hydrogen) atoms. The van der Waals surface area contributed by atoms with Crippen molar-refractivity contribution < 1.29 is 4.92 Å². The van der Waals surface area contributed by atoms with Crippen LogP contribution in [0.4, 0.5) is 11.4 Å². The molecule has 0 aliphatic heterocycles. The second-order valence-corrected chi connectivity index (χ2v) is 5.91. The Labute approximate surface area is 113 Å². The fourth-order valence-electron chi connectivity index (χ4n) is 3.27. The van der Waals surface area contributed by atoms with Gasteiger partial charge in [-0.1, -0.05) is 12.8 Å². The van der Waals surface area contributed by atoms with E-state index in [1.807, 2.05) is 12.1 Å². The summed E-state index contributed by atoms with van der Waals surface area (Å²) in [7, 11) is 0. The van der Waals surface area contributed by atoms with Crippen LogP contribution < -0.4 is 5.32 Å². The van der Waals surface area contributed by atoms with Gasteiger partial charge in [0.1, 0.15) is 0 Å². The van der Waals surface area contributed by atoms with Crippen molar-refractivity contribution in [1.82, 2.24) is 0 Å². The molecule has 2 atom stereocenters. The molecule has 2 fully saturated rings. The van der Waals surface area contributed by atoms with E-state index in [1.165, 1.54) is 38.5 Å². The van der Waals surface area contributed by atoms with Gasteiger partial charge in [0.2, 0.25) is 0 Å². The van der Waals surface area contributed by atoms with Crippen LogP contribution >= 0.6 is 0 Å². The Hall–Kier alpha value is -1.58. The van der Waals surface area contributed by atoms with Crippen LogP contribution in [0.5, 0.6) is 0 Å². The van der Waals surface area contributed by atoms with Crippen LogP contribution in [-0.2, 0) is 0 Å². The second kappa shape index (κ2) is 5.19. The number of nitro benzene ring substituents is 1. The Balaban J connectivity index is 1.59. The van der Waals surface area contributed by atoms with Gasteiger partial charge in [-0.2, -0.15) is 0 Å². The van der Waals surface area contributed by atoms with E-state index in [2.05, 4.69) is 5.32 Å². The third-order valence-electron chi connectivity index (χ3n) is 4.45. The molecule has 2 aliphatic rings. The highest BCUT2D eigenvalue weighted by molar-refractivity contribution is 5.49. The Kier molecular flexibility index (Phi) is 3.40. The zero-order valence-electron chi connectivity index (χ0n) is 11.0. The van der Waals surface area contributed by atoms with Crippen LogP contribution in [0.1, 0.15) is 38.5 Å². The van der Waals surface area contributed by atoms with Crippen molar-refractivity contribution in [3.63, 3.8) is 0 Å². The van der Waals surface area contributed by atoms with Crippen LogP contribution in [0.2, 0.25) is 0 Å². The van der Waals surface area contributed by atoms with Gasteiger partial charge >= 0.3 is 0 Å². The quantitative estimate of drug-likeness (QED) is 0.658. The molecule has 4 heteroatoms. The fourth-order valence-corrected chi connectivity index (χ4v) is 3.27. The van der Waals surface area contributed by atoms with Crippen LogP contribution in [-0.4, -0.2) is 11.0 Å². The zero-order chi connectivity index (χ0) is 13.2. The third kappa shape index (κ3) is 3.06. The van der Waals surface area contributed by atoms with Crippen molar-refractivity contribution in [2.75, 3.05) is 5.32 Å². The minimum absolute atomic E-state index is 0.157. The molecule has 3 rings (SSSR count). The molecule has 0 radical (unpaired) electrons. The summed E-state index contributed by atoms with van der Waals surface area (Å²) in [6.45, 7) is 0. The van der Waals surface area contributed by atoms with Crippen molar-refractivity contribution in [1.29, 1.82) is 0 Å². The monoisotopic (exact) mass is 260 g/mol. The molecule has 0 aromatic heterocycles. The standard InChI is InChI=1S/C15H20N2O2/c18-17(19)15-8-6-13(7-9-15)16-14-3-1-2-12(10-14)11-4-5-11/h6-9,11-12,14,16H,1-5,10H2. The van der Waals surface area contributed by atoms with E-state index >= 15 is 0 Å². The molecule has 0 amide bonds. The lowest BCUT2D eigenvalue weighted by atomic mass is 9.82. The van der Waals surface area contributed by atoms with E-state index in [1.54, 1.807) is 12.1 Å². The summed E-state index contributed by atoms with van der Waals surface area (Å²) in [5, 5.41) is 14.1. The first kappa shape index (κ1) is 12.5. The van der Waals surface area contributed by atoms with Crippen molar-refractivity contribution in [2.45, 2.75) is 44.6 Å². The van der Waals surface area contributed by atoms with Crippen molar-refractivity contribution in [2.24, 2.45) is 11.8 Å². The van der Waals surface area contributed by atoms with E-state index in [9.17, 15) is 10.1 Å². The molecule has 102 valence electrons. The summed E-state index contributed by atoms with van der Waals surface area (Å²) in [5.74, 6) is 1.89. The smallest absolute Gasteiger partial charge is 0.269 e. The van der Waals surface area contributed by atoms with Crippen LogP contribution in [0.3, 0.4) is 0 Å². The average molecular weight is 260 g/mol. The second-order valence-electron chi connectivity index (χ2n) is 5.91. The third-order valence-corrected chi connectivity index (χ3v) is 4.45. The molecule has 2 aliphatic carbocycles. The van der Waals surface area contributed by atoms with Gasteiger partial charge in [0.25, 0.3) is 5.69 Å². The Bertz CT molecular complexity index is 454. The molecule has 2 unspecified atom stereocenters. The minimum atomic E-state index is -0.354. The number of rotatable bonds is 4. The van der Waals surface area contributed by atoms with Crippen LogP contribution in [0, 0.1) is 22.0 Å². The van der Waals surface area contributed by atoms with Crippen LogP contribution in [0.25, 0.3) is 0 Å². The van der Waals surface area contributed by atoms with Gasteiger partial charge in [0, 0.05) is 23.9 Å². The molecule has 1 aromatic carbocycles. The molecule has 0 saturated heterocycles. The van der Waals surface area contributed by atoms with Gasteiger partial charge in [-0.15, -0.1) is 0 Å². The number of non-ortho nitro benzene ring substituents is 1. The number of anilines is 1. The minimum Gasteiger partial charge on any atom is -0.382 e. The van der Waals surface area contributed by atoms with E-state index in [0.29, 0.717) is 6.04 Å².